The number of rotatable bonds is 8. The summed E-state index contributed by atoms with van der Waals surface area (Å²) in [6.07, 6.45) is 4.16. The van der Waals surface area contributed by atoms with Crippen LogP contribution in [0.25, 0.3) is 0 Å². The fourth-order valence-electron chi connectivity index (χ4n) is 2.92. The molecule has 140 valence electrons. The molecule has 1 aromatic rings. The summed E-state index contributed by atoms with van der Waals surface area (Å²) in [6.45, 7) is 3.67. The maximum Gasteiger partial charge on any atom is 0.410 e. The largest absolute Gasteiger partial charge is 0.445 e. The van der Waals surface area contributed by atoms with E-state index in [0.29, 0.717) is 19.3 Å². The Balaban J connectivity index is 2.13. The van der Waals surface area contributed by atoms with E-state index in [2.05, 4.69) is 16.8 Å². The lowest BCUT2D eigenvalue weighted by atomic mass is 10.0. The molecule has 1 saturated heterocycles. The molecule has 25 heavy (non-hydrogen) atoms. The second kappa shape index (κ2) is 8.45. The van der Waals surface area contributed by atoms with Crippen molar-refractivity contribution in [1.29, 1.82) is 0 Å². The van der Waals surface area contributed by atoms with E-state index in [1.54, 1.807) is 6.20 Å². The number of aromatic nitrogens is 2. The van der Waals surface area contributed by atoms with Crippen molar-refractivity contribution in [2.24, 2.45) is 0 Å². The van der Waals surface area contributed by atoms with Crippen LogP contribution in [0, 0.1) is 0 Å². The average Bonchev–Trinajstić information content (AvgIpc) is 3.11. The molecule has 1 aliphatic rings. The van der Waals surface area contributed by atoms with Crippen molar-refractivity contribution in [3.8, 4) is 0 Å². The molecule has 1 aliphatic heterocycles. The Labute approximate surface area is 146 Å². The maximum absolute atomic E-state index is 12.3. The molecule has 2 atom stereocenters. The number of nitrogens with zero attached hydrogens (tertiary/aromatic N) is 2. The van der Waals surface area contributed by atoms with Gasteiger partial charge in [-0.25, -0.2) is 4.79 Å². The van der Waals surface area contributed by atoms with Crippen LogP contribution in [0.5, 0.6) is 0 Å². The van der Waals surface area contributed by atoms with Gasteiger partial charge in [0.15, 0.2) is 0 Å². The van der Waals surface area contributed by atoms with Gasteiger partial charge < -0.3 is 14.7 Å². The molecule has 2 heterocycles. The second-order valence-corrected chi connectivity index (χ2v) is 7.48. The second-order valence-electron chi connectivity index (χ2n) is 5.88. The number of hydrogen-bond acceptors (Lipinski definition) is 7. The number of carbonyl (C=O) groups excluding carboxylic acids is 1. The van der Waals surface area contributed by atoms with Gasteiger partial charge in [-0.1, -0.05) is 12.7 Å². The van der Waals surface area contributed by atoms with Gasteiger partial charge in [0.25, 0.3) is 10.1 Å². The molecule has 0 aromatic carbocycles. The molecule has 1 aromatic heterocycles. The van der Waals surface area contributed by atoms with Gasteiger partial charge in [0, 0.05) is 24.8 Å². The maximum atomic E-state index is 12.3. The molecular formula is C15H23N3O6S. The van der Waals surface area contributed by atoms with Gasteiger partial charge in [0.05, 0.1) is 25.1 Å². The summed E-state index contributed by atoms with van der Waals surface area (Å²) in [7, 11) is -3.62. The number of H-pyrrole nitrogens is 1. The van der Waals surface area contributed by atoms with E-state index in [9.17, 15) is 13.2 Å². The Hall–Kier alpha value is -1.91. The van der Waals surface area contributed by atoms with Gasteiger partial charge in [-0.05, 0) is 18.4 Å². The summed E-state index contributed by atoms with van der Waals surface area (Å²) >= 11 is 0. The Kier molecular flexibility index (Phi) is 6.57. The third-order valence-corrected chi connectivity index (χ3v) is 4.49. The molecule has 0 aliphatic carbocycles. The zero-order chi connectivity index (χ0) is 18.4. The van der Waals surface area contributed by atoms with Crippen molar-refractivity contribution >= 4 is 16.2 Å². The predicted molar refractivity (Wildman–Crippen MR) is 89.5 cm³/mol. The van der Waals surface area contributed by atoms with Crippen LogP contribution in [0.2, 0.25) is 0 Å². The average molecular weight is 373 g/mol. The van der Waals surface area contributed by atoms with Crippen molar-refractivity contribution in [2.75, 3.05) is 26.0 Å². The first kappa shape index (κ1) is 19.4. The van der Waals surface area contributed by atoms with Gasteiger partial charge in [-0.2, -0.15) is 13.5 Å². The molecule has 0 radical (unpaired) electrons. The number of amides is 1. The van der Waals surface area contributed by atoms with Crippen LogP contribution >= 0.6 is 0 Å². The highest BCUT2D eigenvalue weighted by Crippen LogP contribution is 2.26. The molecule has 1 amide bonds. The van der Waals surface area contributed by atoms with E-state index in [0.717, 1.165) is 17.5 Å². The molecule has 2 unspecified atom stereocenters. The van der Waals surface area contributed by atoms with Gasteiger partial charge in [-0.15, -0.1) is 0 Å². The molecule has 9 nitrogen and oxygen atoms in total. The van der Waals surface area contributed by atoms with Crippen molar-refractivity contribution in [2.45, 2.75) is 31.4 Å². The monoisotopic (exact) mass is 373 g/mol. The van der Waals surface area contributed by atoms with Crippen molar-refractivity contribution in [3.63, 3.8) is 0 Å². The Morgan fingerprint density at radius 3 is 3.00 bits per heavy atom. The summed E-state index contributed by atoms with van der Waals surface area (Å²) in [5, 5.41) is 15.9. The van der Waals surface area contributed by atoms with E-state index in [-0.39, 0.29) is 25.8 Å². The smallest absolute Gasteiger partial charge is 0.410 e. The molecule has 0 saturated carbocycles. The lowest BCUT2D eigenvalue weighted by molar-refractivity contribution is 0.104. The summed E-state index contributed by atoms with van der Waals surface area (Å²) in [4.78, 5) is 13.7. The van der Waals surface area contributed by atoms with E-state index < -0.39 is 22.3 Å². The minimum atomic E-state index is -3.62. The number of hydrogen-bond donors (Lipinski definition) is 2. The summed E-state index contributed by atoms with van der Waals surface area (Å²) in [5.41, 5.74) is 1.65. The number of likely N-dealkylation sites (tertiary alicyclic amines) is 1. The summed E-state index contributed by atoms with van der Waals surface area (Å²) < 4.78 is 32.9. The van der Waals surface area contributed by atoms with Crippen LogP contribution in [0.4, 0.5) is 4.79 Å². The predicted octanol–water partition coefficient (Wildman–Crippen LogP) is 0.229. The minimum absolute atomic E-state index is 0.0231. The van der Waals surface area contributed by atoms with Gasteiger partial charge in [-0.3, -0.25) is 9.28 Å². The van der Waals surface area contributed by atoms with Crippen LogP contribution in [-0.4, -0.2) is 72.9 Å². The van der Waals surface area contributed by atoms with E-state index >= 15 is 0 Å². The Bertz CT molecular complexity index is 702. The van der Waals surface area contributed by atoms with E-state index in [4.69, 9.17) is 14.0 Å². The highest BCUT2D eigenvalue weighted by Gasteiger charge is 2.38. The number of nitrogens with one attached hydrogen (secondary N) is 1. The zero-order valence-corrected chi connectivity index (χ0v) is 14.9. The van der Waals surface area contributed by atoms with Crippen LogP contribution < -0.4 is 0 Å². The van der Waals surface area contributed by atoms with Crippen LogP contribution in [0.3, 0.4) is 0 Å². The summed E-state index contributed by atoms with van der Waals surface area (Å²) in [5.74, 6) is 0. The topological polar surface area (TPSA) is 122 Å². The van der Waals surface area contributed by atoms with Gasteiger partial charge >= 0.3 is 6.09 Å². The first-order valence-corrected chi connectivity index (χ1v) is 9.70. The lowest BCUT2D eigenvalue weighted by Crippen LogP contribution is -2.38. The van der Waals surface area contributed by atoms with Gasteiger partial charge in [0.1, 0.15) is 6.61 Å². The molecule has 10 heteroatoms. The number of aliphatic hydroxyl groups is 1. The summed E-state index contributed by atoms with van der Waals surface area (Å²) in [6, 6.07) is -0.292. The first-order chi connectivity index (χ1) is 11.8. The van der Waals surface area contributed by atoms with Crippen molar-refractivity contribution in [1.82, 2.24) is 15.1 Å². The molecule has 2 rings (SSSR count). The molecule has 1 fully saturated rings. The SMILES string of the molecule is C=CCOC(=O)N1CC(OS(C)(=O)=O)CC1Cc1cn[nH]c1CCO. The van der Waals surface area contributed by atoms with E-state index in [1.165, 1.54) is 11.0 Å². The lowest BCUT2D eigenvalue weighted by Gasteiger charge is -2.23. The molecular weight excluding hydrogens is 350 g/mol. The normalized spacial score (nSPS) is 20.6. The molecule has 2 N–H and O–H groups in total. The first-order valence-electron chi connectivity index (χ1n) is 7.88. The fraction of sp³-hybridized carbons (Fsp3) is 0.600. The number of aromatic amines is 1. The van der Waals surface area contributed by atoms with Crippen LogP contribution in [0.1, 0.15) is 17.7 Å². The molecule has 0 spiro atoms. The standard InChI is InChI=1S/C15H23N3O6S/c1-3-6-23-15(20)18-10-13(24-25(2,21)22)8-12(18)7-11-9-16-17-14(11)4-5-19/h3,9,12-13,19H,1,4-8,10H2,2H3,(H,16,17). The fourth-order valence-corrected chi connectivity index (χ4v) is 3.55. The number of ether oxygens (including phenoxy) is 1. The highest BCUT2D eigenvalue weighted by molar-refractivity contribution is 7.86. The van der Waals surface area contributed by atoms with Crippen LogP contribution in [0.15, 0.2) is 18.9 Å². The van der Waals surface area contributed by atoms with Gasteiger partial charge in [0.2, 0.25) is 0 Å². The van der Waals surface area contributed by atoms with E-state index in [1.807, 2.05) is 0 Å². The molecule has 0 bridgehead atoms. The van der Waals surface area contributed by atoms with Crippen molar-refractivity contribution < 1.29 is 27.2 Å². The number of carbonyl (C=O) groups is 1. The minimum Gasteiger partial charge on any atom is -0.445 e. The highest BCUT2D eigenvalue weighted by atomic mass is 32.2. The third kappa shape index (κ3) is 5.55. The third-order valence-electron chi connectivity index (χ3n) is 3.87. The quantitative estimate of drug-likeness (QED) is 0.494. The Morgan fingerprint density at radius 1 is 1.60 bits per heavy atom. The van der Waals surface area contributed by atoms with Crippen molar-refractivity contribution in [3.05, 3.63) is 30.1 Å². The Morgan fingerprint density at radius 2 is 2.36 bits per heavy atom. The number of aliphatic hydroxyl groups excluding tert-OH is 1. The van der Waals surface area contributed by atoms with Crippen LogP contribution in [-0.2, 0) is 31.9 Å². The zero-order valence-electron chi connectivity index (χ0n) is 14.1.